The minimum atomic E-state index is -0.928. The molecule has 0 aliphatic heterocycles. The Labute approximate surface area is 157 Å². The highest BCUT2D eigenvalue weighted by Gasteiger charge is 2.12. The van der Waals surface area contributed by atoms with Crippen molar-refractivity contribution in [1.82, 2.24) is 4.98 Å². The number of hydrogen-bond acceptors (Lipinski definition) is 2. The van der Waals surface area contributed by atoms with Crippen LogP contribution in [0.1, 0.15) is 10.4 Å². The summed E-state index contributed by atoms with van der Waals surface area (Å²) in [5.41, 5.74) is 6.04. The van der Waals surface area contributed by atoms with E-state index in [0.717, 1.165) is 33.6 Å². The number of aromatic carboxylic acids is 1. The van der Waals surface area contributed by atoms with Gasteiger partial charge in [0.15, 0.2) is 0 Å². The topological polar surface area (TPSA) is 50.2 Å². The fourth-order valence-electron chi connectivity index (χ4n) is 3.07. The summed E-state index contributed by atoms with van der Waals surface area (Å²) < 4.78 is 0. The van der Waals surface area contributed by atoms with Crippen molar-refractivity contribution in [2.45, 2.75) is 0 Å². The van der Waals surface area contributed by atoms with Crippen molar-refractivity contribution in [3.63, 3.8) is 0 Å². The van der Waals surface area contributed by atoms with Gasteiger partial charge < -0.3 is 5.11 Å². The average molecular weight is 351 g/mol. The summed E-state index contributed by atoms with van der Waals surface area (Å²) in [5, 5.41) is 9.13. The van der Waals surface area contributed by atoms with Crippen molar-refractivity contribution in [2.24, 2.45) is 0 Å². The lowest BCUT2D eigenvalue weighted by atomic mass is 9.97. The highest BCUT2D eigenvalue weighted by Crippen LogP contribution is 2.33. The molecule has 0 spiro atoms. The smallest absolute Gasteiger partial charge is 0.335 e. The van der Waals surface area contributed by atoms with Gasteiger partial charge in [-0.15, -0.1) is 0 Å². The summed E-state index contributed by atoms with van der Waals surface area (Å²) in [6, 6.07) is 31.0. The quantitative estimate of drug-likeness (QED) is 0.507. The second-order valence-corrected chi connectivity index (χ2v) is 6.21. The van der Waals surface area contributed by atoms with E-state index in [0.29, 0.717) is 0 Å². The number of benzene rings is 3. The van der Waals surface area contributed by atoms with E-state index in [9.17, 15) is 4.79 Å². The Morgan fingerprint density at radius 2 is 1.22 bits per heavy atom. The number of rotatable bonds is 4. The van der Waals surface area contributed by atoms with Crippen LogP contribution in [-0.4, -0.2) is 16.1 Å². The van der Waals surface area contributed by atoms with Crippen LogP contribution in [0.25, 0.3) is 33.6 Å². The lowest BCUT2D eigenvalue weighted by Crippen LogP contribution is -1.96. The fourth-order valence-corrected chi connectivity index (χ4v) is 3.07. The third kappa shape index (κ3) is 3.48. The van der Waals surface area contributed by atoms with Crippen LogP contribution in [0.3, 0.4) is 0 Å². The molecule has 3 aromatic carbocycles. The van der Waals surface area contributed by atoms with Gasteiger partial charge in [-0.25, -0.2) is 9.78 Å². The van der Waals surface area contributed by atoms with Gasteiger partial charge in [0.25, 0.3) is 0 Å². The minimum absolute atomic E-state index is 0.272. The number of carboxylic acids is 1. The molecule has 0 aliphatic carbocycles. The Bertz CT molecular complexity index is 1070. The van der Waals surface area contributed by atoms with Gasteiger partial charge in [-0.2, -0.15) is 0 Å². The van der Waals surface area contributed by atoms with Crippen LogP contribution in [0.15, 0.2) is 97.1 Å². The normalized spacial score (nSPS) is 10.5. The molecule has 1 aromatic heterocycles. The van der Waals surface area contributed by atoms with Gasteiger partial charge >= 0.3 is 5.97 Å². The van der Waals surface area contributed by atoms with E-state index in [1.807, 2.05) is 84.9 Å². The second-order valence-electron chi connectivity index (χ2n) is 6.21. The molecule has 27 heavy (non-hydrogen) atoms. The molecule has 3 nitrogen and oxygen atoms in total. The molecule has 0 radical (unpaired) electrons. The number of nitrogens with zero attached hydrogens (tertiary/aromatic N) is 1. The lowest BCUT2D eigenvalue weighted by Gasteiger charge is -2.12. The summed E-state index contributed by atoms with van der Waals surface area (Å²) >= 11 is 0. The number of pyridine rings is 1. The van der Waals surface area contributed by atoms with E-state index in [1.54, 1.807) is 12.1 Å². The standard InChI is InChI=1S/C24H17NO2/c26-24(27)20-13-11-17(12-14-20)21-15-16-22(18-7-3-1-4-8-18)25-23(21)19-9-5-2-6-10-19/h1-16H,(H,26,27). The van der Waals surface area contributed by atoms with Crippen LogP contribution < -0.4 is 0 Å². The first-order valence-electron chi connectivity index (χ1n) is 8.68. The van der Waals surface area contributed by atoms with Crippen molar-refractivity contribution in [1.29, 1.82) is 0 Å². The maximum Gasteiger partial charge on any atom is 0.335 e. The van der Waals surface area contributed by atoms with Crippen LogP contribution >= 0.6 is 0 Å². The Balaban J connectivity index is 1.87. The van der Waals surface area contributed by atoms with Crippen LogP contribution in [0.4, 0.5) is 0 Å². The Kier molecular flexibility index (Phi) is 4.50. The maximum atomic E-state index is 11.1. The van der Waals surface area contributed by atoms with E-state index in [1.165, 1.54) is 0 Å². The van der Waals surface area contributed by atoms with E-state index in [2.05, 4.69) is 0 Å². The van der Waals surface area contributed by atoms with Gasteiger partial charge in [-0.3, -0.25) is 0 Å². The van der Waals surface area contributed by atoms with Crippen molar-refractivity contribution < 1.29 is 9.90 Å². The molecule has 3 heteroatoms. The molecule has 0 saturated heterocycles. The van der Waals surface area contributed by atoms with Crippen LogP contribution in [-0.2, 0) is 0 Å². The van der Waals surface area contributed by atoms with E-state index in [4.69, 9.17) is 10.1 Å². The van der Waals surface area contributed by atoms with Gasteiger partial charge in [0, 0.05) is 16.7 Å². The molecule has 0 aliphatic rings. The average Bonchev–Trinajstić information content (AvgIpc) is 2.75. The predicted octanol–water partition coefficient (Wildman–Crippen LogP) is 5.78. The number of aromatic nitrogens is 1. The molecular formula is C24H17NO2. The van der Waals surface area contributed by atoms with Crippen LogP contribution in [0.5, 0.6) is 0 Å². The second kappa shape index (κ2) is 7.26. The third-order valence-corrected chi connectivity index (χ3v) is 4.45. The Morgan fingerprint density at radius 3 is 1.81 bits per heavy atom. The molecule has 0 fully saturated rings. The van der Waals surface area contributed by atoms with E-state index < -0.39 is 5.97 Å². The van der Waals surface area contributed by atoms with Crippen molar-refractivity contribution in [3.8, 4) is 33.6 Å². The molecule has 0 unspecified atom stereocenters. The van der Waals surface area contributed by atoms with Crippen LogP contribution in [0, 0.1) is 0 Å². The minimum Gasteiger partial charge on any atom is -0.478 e. The molecule has 1 heterocycles. The highest BCUT2D eigenvalue weighted by molar-refractivity contribution is 5.89. The van der Waals surface area contributed by atoms with Crippen LogP contribution in [0.2, 0.25) is 0 Å². The molecule has 0 saturated carbocycles. The third-order valence-electron chi connectivity index (χ3n) is 4.45. The first-order chi connectivity index (χ1) is 13.2. The Hall–Kier alpha value is -3.72. The summed E-state index contributed by atoms with van der Waals surface area (Å²) in [5.74, 6) is -0.928. The van der Waals surface area contributed by atoms with E-state index in [-0.39, 0.29) is 5.56 Å². The molecular weight excluding hydrogens is 334 g/mol. The van der Waals surface area contributed by atoms with Crippen molar-refractivity contribution in [3.05, 3.63) is 103 Å². The first-order valence-corrected chi connectivity index (χ1v) is 8.68. The van der Waals surface area contributed by atoms with Gasteiger partial charge in [-0.1, -0.05) is 78.9 Å². The molecule has 4 rings (SSSR count). The predicted molar refractivity (Wildman–Crippen MR) is 108 cm³/mol. The molecule has 0 atom stereocenters. The molecule has 130 valence electrons. The SMILES string of the molecule is O=C(O)c1ccc(-c2ccc(-c3ccccc3)nc2-c2ccccc2)cc1. The summed E-state index contributed by atoms with van der Waals surface area (Å²) in [7, 11) is 0. The maximum absolute atomic E-state index is 11.1. The van der Waals surface area contributed by atoms with Crippen molar-refractivity contribution in [2.75, 3.05) is 0 Å². The zero-order valence-corrected chi connectivity index (χ0v) is 14.5. The van der Waals surface area contributed by atoms with Gasteiger partial charge in [0.1, 0.15) is 0 Å². The molecule has 0 bridgehead atoms. The first kappa shape index (κ1) is 16.7. The van der Waals surface area contributed by atoms with Gasteiger partial charge in [0.2, 0.25) is 0 Å². The van der Waals surface area contributed by atoms with E-state index >= 15 is 0 Å². The highest BCUT2D eigenvalue weighted by atomic mass is 16.4. The monoisotopic (exact) mass is 351 g/mol. The molecule has 4 aromatic rings. The molecule has 1 N–H and O–H groups in total. The van der Waals surface area contributed by atoms with Gasteiger partial charge in [-0.05, 0) is 23.8 Å². The fraction of sp³-hybridized carbons (Fsp3) is 0. The van der Waals surface area contributed by atoms with Crippen molar-refractivity contribution >= 4 is 5.97 Å². The Morgan fingerprint density at radius 1 is 0.630 bits per heavy atom. The number of carboxylic acid groups (broad SMARTS) is 1. The molecule has 0 amide bonds. The number of carbonyl (C=O) groups is 1. The summed E-state index contributed by atoms with van der Waals surface area (Å²) in [6.07, 6.45) is 0. The van der Waals surface area contributed by atoms with Gasteiger partial charge in [0.05, 0.1) is 17.0 Å². The zero-order valence-electron chi connectivity index (χ0n) is 14.5. The summed E-state index contributed by atoms with van der Waals surface area (Å²) in [6.45, 7) is 0. The summed E-state index contributed by atoms with van der Waals surface area (Å²) in [4.78, 5) is 16.1. The lowest BCUT2D eigenvalue weighted by molar-refractivity contribution is 0.0697. The number of hydrogen-bond donors (Lipinski definition) is 1. The largest absolute Gasteiger partial charge is 0.478 e. The zero-order chi connectivity index (χ0) is 18.6.